The number of nitrogens with zero attached hydrogens (tertiary/aromatic N) is 2. The third kappa shape index (κ3) is 3.54. The molecular formula is C19H20F2N2O6. The number of ether oxygens (including phenoxy) is 1. The molecule has 1 fully saturated rings. The lowest BCUT2D eigenvalue weighted by molar-refractivity contribution is -0.216. The average Bonchev–Trinajstić information content (AvgIpc) is 2.82. The van der Waals surface area contributed by atoms with Crippen LogP contribution in [0.4, 0.5) is 13.6 Å². The second kappa shape index (κ2) is 6.50. The number of fused-ring (bicyclic) bond motifs is 1. The number of rotatable bonds is 3. The number of amides is 3. The normalized spacial score (nSPS) is 19.3. The van der Waals surface area contributed by atoms with E-state index < -0.39 is 53.8 Å². The maximum Gasteiger partial charge on any atom is 0.410 e. The van der Waals surface area contributed by atoms with Crippen molar-refractivity contribution < 1.29 is 37.5 Å². The average molecular weight is 410 g/mol. The molecule has 0 saturated heterocycles. The van der Waals surface area contributed by atoms with Crippen molar-refractivity contribution in [2.45, 2.75) is 50.7 Å². The number of carbonyl (C=O) groups excluding carboxylic acids is 4. The van der Waals surface area contributed by atoms with Crippen LogP contribution < -0.4 is 0 Å². The van der Waals surface area contributed by atoms with Crippen LogP contribution in [0.15, 0.2) is 24.3 Å². The minimum absolute atomic E-state index is 0.0267. The molecular weight excluding hydrogens is 390 g/mol. The maximum atomic E-state index is 13.7. The Morgan fingerprint density at radius 3 is 1.97 bits per heavy atom. The number of hydrogen-bond donors (Lipinski definition) is 0. The molecule has 1 saturated carbocycles. The van der Waals surface area contributed by atoms with Crippen LogP contribution in [0.5, 0.6) is 0 Å². The summed E-state index contributed by atoms with van der Waals surface area (Å²) in [4.78, 5) is 55.6. The first-order valence-electron chi connectivity index (χ1n) is 8.82. The molecule has 0 radical (unpaired) electrons. The largest absolute Gasteiger partial charge is 0.444 e. The van der Waals surface area contributed by atoms with E-state index in [9.17, 15) is 28.0 Å². The maximum absolute atomic E-state index is 13.7. The Bertz CT molecular complexity index is 865. The summed E-state index contributed by atoms with van der Waals surface area (Å²) in [6, 6.07) is 5.81. The number of imide groups is 1. The van der Waals surface area contributed by atoms with Crippen molar-refractivity contribution in [2.75, 3.05) is 7.05 Å². The molecule has 10 heteroatoms. The molecule has 0 aromatic heterocycles. The molecule has 0 spiro atoms. The minimum atomic E-state index is -3.21. The van der Waals surface area contributed by atoms with Crippen molar-refractivity contribution in [1.29, 1.82) is 0 Å². The van der Waals surface area contributed by atoms with Crippen molar-refractivity contribution in [3.63, 3.8) is 0 Å². The van der Waals surface area contributed by atoms with Crippen LogP contribution in [-0.4, -0.2) is 58.0 Å². The summed E-state index contributed by atoms with van der Waals surface area (Å²) >= 11 is 0. The Labute approximate surface area is 165 Å². The zero-order valence-corrected chi connectivity index (χ0v) is 16.3. The first-order valence-corrected chi connectivity index (χ1v) is 8.82. The van der Waals surface area contributed by atoms with Gasteiger partial charge in [0.15, 0.2) is 5.54 Å². The van der Waals surface area contributed by atoms with Gasteiger partial charge in [0.1, 0.15) is 5.60 Å². The van der Waals surface area contributed by atoms with Gasteiger partial charge in [-0.1, -0.05) is 17.2 Å². The lowest BCUT2D eigenvalue weighted by Crippen LogP contribution is -2.68. The highest BCUT2D eigenvalue weighted by Gasteiger charge is 2.66. The molecule has 0 atom stereocenters. The summed E-state index contributed by atoms with van der Waals surface area (Å²) < 4.78 is 32.6. The Kier molecular flexibility index (Phi) is 4.64. The molecule has 2 aliphatic rings. The van der Waals surface area contributed by atoms with E-state index in [0.29, 0.717) is 0 Å². The number of carbonyl (C=O) groups is 4. The van der Waals surface area contributed by atoms with Gasteiger partial charge in [0, 0.05) is 19.9 Å². The summed E-state index contributed by atoms with van der Waals surface area (Å²) in [7, 11) is 1.13. The topological polar surface area (TPSA) is 93.2 Å². The summed E-state index contributed by atoms with van der Waals surface area (Å²) in [5.74, 6) is -6.30. The molecule has 3 rings (SSSR count). The summed E-state index contributed by atoms with van der Waals surface area (Å²) in [5, 5.41) is 0.230. The lowest BCUT2D eigenvalue weighted by Gasteiger charge is -2.49. The second-order valence-corrected chi connectivity index (χ2v) is 8.11. The molecule has 0 N–H and O–H groups in total. The molecule has 1 aromatic carbocycles. The number of hydrogen-bond acceptors (Lipinski definition) is 6. The van der Waals surface area contributed by atoms with Crippen LogP contribution in [0.3, 0.4) is 0 Å². The van der Waals surface area contributed by atoms with Gasteiger partial charge in [-0.25, -0.2) is 18.4 Å². The van der Waals surface area contributed by atoms with E-state index in [1.54, 1.807) is 20.8 Å². The third-order valence-corrected chi connectivity index (χ3v) is 4.72. The smallest absolute Gasteiger partial charge is 0.410 e. The van der Waals surface area contributed by atoms with Crippen LogP contribution in [0.25, 0.3) is 0 Å². The molecule has 156 valence electrons. The van der Waals surface area contributed by atoms with E-state index in [0.717, 1.165) is 11.9 Å². The SMILES string of the molecule is CN(C(=O)OC(C)(C)C)C1(C(=O)ON2C(=O)c3ccccc3C2=O)CC(F)(F)C1. The van der Waals surface area contributed by atoms with E-state index in [4.69, 9.17) is 9.57 Å². The van der Waals surface area contributed by atoms with Crippen molar-refractivity contribution in [2.24, 2.45) is 0 Å². The molecule has 1 aromatic rings. The Hall–Kier alpha value is -3.04. The number of hydroxylamine groups is 2. The van der Waals surface area contributed by atoms with Gasteiger partial charge in [0.2, 0.25) is 0 Å². The highest BCUT2D eigenvalue weighted by atomic mass is 19.3. The number of benzene rings is 1. The van der Waals surface area contributed by atoms with Crippen molar-refractivity contribution >= 4 is 23.9 Å². The number of likely N-dealkylation sites (N-methyl/N-ethyl adjacent to an activating group) is 1. The Morgan fingerprint density at radius 2 is 1.55 bits per heavy atom. The van der Waals surface area contributed by atoms with Crippen LogP contribution >= 0.6 is 0 Å². The molecule has 1 aliphatic heterocycles. The molecule has 3 amide bonds. The van der Waals surface area contributed by atoms with Gasteiger partial charge >= 0.3 is 12.1 Å². The first kappa shape index (κ1) is 20.7. The van der Waals surface area contributed by atoms with E-state index in [-0.39, 0.29) is 16.2 Å². The van der Waals surface area contributed by atoms with Gasteiger partial charge in [0.25, 0.3) is 17.7 Å². The molecule has 1 aliphatic carbocycles. The molecule has 0 unspecified atom stereocenters. The number of halogens is 2. The van der Waals surface area contributed by atoms with Crippen molar-refractivity contribution in [1.82, 2.24) is 9.96 Å². The zero-order chi connectivity index (χ0) is 21.8. The Balaban J connectivity index is 1.84. The van der Waals surface area contributed by atoms with Gasteiger partial charge in [-0.3, -0.25) is 14.5 Å². The molecule has 8 nitrogen and oxygen atoms in total. The predicted octanol–water partition coefficient (Wildman–Crippen LogP) is 2.78. The molecule has 1 heterocycles. The van der Waals surface area contributed by atoms with Gasteiger partial charge in [-0.05, 0) is 32.9 Å². The van der Waals surface area contributed by atoms with E-state index in [2.05, 4.69) is 0 Å². The summed E-state index contributed by atoms with van der Waals surface area (Å²) in [6.07, 6.45) is -3.04. The van der Waals surface area contributed by atoms with Gasteiger partial charge in [-0.2, -0.15) is 0 Å². The van der Waals surface area contributed by atoms with E-state index in [1.807, 2.05) is 0 Å². The molecule has 0 bridgehead atoms. The van der Waals surface area contributed by atoms with Crippen LogP contribution in [0.2, 0.25) is 0 Å². The van der Waals surface area contributed by atoms with Gasteiger partial charge in [0.05, 0.1) is 11.1 Å². The standard InChI is InChI=1S/C19H20F2N2O6/c1-17(2,3)28-16(27)22(4)18(9-19(20,21)10-18)15(26)29-23-13(24)11-7-5-6-8-12(11)14(23)25/h5-8H,9-10H2,1-4H3. The van der Waals surface area contributed by atoms with Crippen molar-refractivity contribution in [3.8, 4) is 0 Å². The fourth-order valence-electron chi connectivity index (χ4n) is 3.25. The first-order chi connectivity index (χ1) is 13.3. The third-order valence-electron chi connectivity index (χ3n) is 4.72. The van der Waals surface area contributed by atoms with Crippen LogP contribution in [0.1, 0.15) is 54.3 Å². The highest BCUT2D eigenvalue weighted by molar-refractivity contribution is 6.21. The Morgan fingerprint density at radius 1 is 1.07 bits per heavy atom. The fraction of sp³-hybridized carbons (Fsp3) is 0.474. The fourth-order valence-corrected chi connectivity index (χ4v) is 3.25. The monoisotopic (exact) mass is 410 g/mol. The molecule has 29 heavy (non-hydrogen) atoms. The highest BCUT2D eigenvalue weighted by Crippen LogP contribution is 2.50. The quantitative estimate of drug-likeness (QED) is 0.712. The van der Waals surface area contributed by atoms with E-state index in [1.165, 1.54) is 24.3 Å². The van der Waals surface area contributed by atoms with Crippen LogP contribution in [0, 0.1) is 0 Å². The van der Waals surface area contributed by atoms with Gasteiger partial charge in [-0.15, -0.1) is 0 Å². The predicted molar refractivity (Wildman–Crippen MR) is 93.9 cm³/mol. The van der Waals surface area contributed by atoms with Crippen molar-refractivity contribution in [3.05, 3.63) is 35.4 Å². The second-order valence-electron chi connectivity index (χ2n) is 8.11. The summed E-state index contributed by atoms with van der Waals surface area (Å²) in [6.45, 7) is 4.74. The number of alkyl halides is 2. The lowest BCUT2D eigenvalue weighted by atomic mass is 9.72. The zero-order valence-electron chi connectivity index (χ0n) is 16.3. The minimum Gasteiger partial charge on any atom is -0.444 e. The van der Waals surface area contributed by atoms with E-state index >= 15 is 0 Å². The van der Waals surface area contributed by atoms with Gasteiger partial charge < -0.3 is 9.57 Å². The summed E-state index contributed by atoms with van der Waals surface area (Å²) in [5.41, 5.74) is -2.94. The van der Waals surface area contributed by atoms with Crippen LogP contribution in [-0.2, 0) is 14.4 Å².